The number of rotatable bonds is 78. The summed E-state index contributed by atoms with van der Waals surface area (Å²) < 4.78 is 34.6. The first kappa shape index (κ1) is 104. The molecule has 660 valence electrons. The molecule has 3 saturated heterocycles. The predicted octanol–water partition coefficient (Wildman–Crippen LogP) is 18.6. The zero-order valence-corrected chi connectivity index (χ0v) is 71.4. The number of nitrogens with one attached hydrogen (secondary N) is 1. The van der Waals surface area contributed by atoms with Crippen molar-refractivity contribution in [2.45, 2.75) is 523 Å². The zero-order chi connectivity index (χ0) is 81.0. The van der Waals surface area contributed by atoms with E-state index in [1.807, 2.05) is 0 Å². The van der Waals surface area contributed by atoms with Gasteiger partial charge in [0.1, 0.15) is 73.2 Å². The fourth-order valence-corrected chi connectivity index (χ4v) is 16.2. The van der Waals surface area contributed by atoms with Crippen LogP contribution in [0.1, 0.15) is 418 Å². The number of unbranched alkanes of at least 4 members (excludes halogenated alkanes) is 56. The van der Waals surface area contributed by atoms with Gasteiger partial charge in [0.05, 0.1) is 38.6 Å². The summed E-state index contributed by atoms with van der Waals surface area (Å²) in [6.45, 7) is 1.87. The third-order valence-electron chi connectivity index (χ3n) is 23.7. The molecule has 0 bridgehead atoms. The molecule has 19 nitrogen and oxygen atoms in total. The van der Waals surface area contributed by atoms with Crippen LogP contribution in [0.2, 0.25) is 0 Å². The quantitative estimate of drug-likeness (QED) is 0.0199. The molecule has 17 unspecified atom stereocenters. The van der Waals surface area contributed by atoms with Crippen molar-refractivity contribution in [3.8, 4) is 0 Å². The van der Waals surface area contributed by atoms with Crippen LogP contribution in [0.5, 0.6) is 0 Å². The van der Waals surface area contributed by atoms with Gasteiger partial charge in [0.15, 0.2) is 18.9 Å². The first-order valence-electron chi connectivity index (χ1n) is 47.2. The lowest BCUT2D eigenvalue weighted by Crippen LogP contribution is -2.66. The zero-order valence-electron chi connectivity index (χ0n) is 71.4. The highest BCUT2D eigenvalue weighted by molar-refractivity contribution is 5.76. The number of aliphatic hydroxyl groups is 11. The van der Waals surface area contributed by atoms with Gasteiger partial charge in [-0.1, -0.05) is 397 Å². The minimum absolute atomic E-state index is 0.233. The number of allylic oxidation sites excluding steroid dienone is 6. The molecule has 0 spiro atoms. The summed E-state index contributed by atoms with van der Waals surface area (Å²) in [4.78, 5) is 13.6. The molecular formula is C93H175NO18. The van der Waals surface area contributed by atoms with Crippen molar-refractivity contribution in [2.24, 2.45) is 0 Å². The van der Waals surface area contributed by atoms with Crippen LogP contribution in [-0.4, -0.2) is 193 Å². The van der Waals surface area contributed by atoms with Crippen LogP contribution in [0.15, 0.2) is 36.5 Å². The van der Waals surface area contributed by atoms with Crippen LogP contribution < -0.4 is 5.32 Å². The molecule has 3 rings (SSSR count). The molecular weight excluding hydrogens is 1420 g/mol. The van der Waals surface area contributed by atoms with Gasteiger partial charge in [0.2, 0.25) is 5.91 Å². The topological polar surface area (TPSA) is 307 Å². The number of carbonyl (C=O) groups excluding carboxylic acids is 1. The van der Waals surface area contributed by atoms with Gasteiger partial charge in [-0.25, -0.2) is 0 Å². The molecule has 12 N–H and O–H groups in total. The summed E-state index contributed by atoms with van der Waals surface area (Å²) in [6.07, 6.45) is 66.9. The molecule has 17 atom stereocenters. The summed E-state index contributed by atoms with van der Waals surface area (Å²) >= 11 is 0. The Morgan fingerprint density at radius 3 is 0.920 bits per heavy atom. The van der Waals surface area contributed by atoms with E-state index in [9.17, 15) is 61.0 Å². The van der Waals surface area contributed by atoms with Gasteiger partial charge in [0, 0.05) is 6.42 Å². The molecule has 19 heteroatoms. The molecule has 3 aliphatic rings. The summed E-state index contributed by atoms with van der Waals surface area (Å²) in [6, 6.07) is -0.888. The van der Waals surface area contributed by atoms with Gasteiger partial charge in [-0.05, 0) is 51.4 Å². The van der Waals surface area contributed by atoms with Crippen LogP contribution in [-0.2, 0) is 33.2 Å². The molecule has 0 aliphatic carbocycles. The third-order valence-corrected chi connectivity index (χ3v) is 23.7. The van der Waals surface area contributed by atoms with Gasteiger partial charge in [-0.15, -0.1) is 0 Å². The summed E-state index contributed by atoms with van der Waals surface area (Å²) in [5.41, 5.74) is 0. The maximum absolute atomic E-state index is 13.6. The fourth-order valence-electron chi connectivity index (χ4n) is 16.2. The summed E-state index contributed by atoms with van der Waals surface area (Å²) in [5.74, 6) is -0.233. The SMILES string of the molecule is CCCCCCC/C=C\C/C=C\C/C=C\CCCCCCCCCCCCCCCCCCCCCCCCC(=O)NC(COC1OC(CO)C(OC2OC(CO)C(OC3OC(CO)C(O)C(O)C3O)C(O)C2O)C(O)C1O)C(O)CCCCCCCCCCCCCCCCCCCCCCCCCCCCCCCC. The van der Waals surface area contributed by atoms with Crippen molar-refractivity contribution in [1.82, 2.24) is 5.32 Å². The van der Waals surface area contributed by atoms with Crippen LogP contribution in [0.25, 0.3) is 0 Å². The third kappa shape index (κ3) is 50.8. The highest BCUT2D eigenvalue weighted by atomic mass is 16.8. The lowest BCUT2D eigenvalue weighted by Gasteiger charge is -2.48. The first-order chi connectivity index (χ1) is 54.8. The Hall–Kier alpha value is -1.99. The fraction of sp³-hybridized carbons (Fsp3) is 0.925. The van der Waals surface area contributed by atoms with E-state index in [1.54, 1.807) is 0 Å². The Bertz CT molecular complexity index is 2160. The van der Waals surface area contributed by atoms with Crippen molar-refractivity contribution >= 4 is 5.91 Å². The van der Waals surface area contributed by atoms with Crippen molar-refractivity contribution < 1.29 is 89.4 Å². The number of hydrogen-bond donors (Lipinski definition) is 12. The minimum Gasteiger partial charge on any atom is -0.394 e. The number of aliphatic hydroxyl groups excluding tert-OH is 11. The van der Waals surface area contributed by atoms with Crippen LogP contribution >= 0.6 is 0 Å². The molecule has 112 heavy (non-hydrogen) atoms. The van der Waals surface area contributed by atoms with Crippen molar-refractivity contribution in [1.29, 1.82) is 0 Å². The van der Waals surface area contributed by atoms with Crippen molar-refractivity contribution in [2.75, 3.05) is 26.4 Å². The van der Waals surface area contributed by atoms with Crippen LogP contribution in [0.4, 0.5) is 0 Å². The molecule has 0 saturated carbocycles. The maximum atomic E-state index is 13.6. The van der Waals surface area contributed by atoms with Gasteiger partial charge in [-0.3, -0.25) is 4.79 Å². The Balaban J connectivity index is 1.30. The largest absolute Gasteiger partial charge is 0.394 e. The summed E-state index contributed by atoms with van der Waals surface area (Å²) in [5, 5.41) is 121. The highest BCUT2D eigenvalue weighted by Gasteiger charge is 2.54. The second kappa shape index (κ2) is 73.0. The van der Waals surface area contributed by atoms with Gasteiger partial charge in [0.25, 0.3) is 0 Å². The number of hydrogen-bond acceptors (Lipinski definition) is 18. The monoisotopic (exact) mass is 1590 g/mol. The molecule has 3 fully saturated rings. The molecule has 0 aromatic carbocycles. The maximum Gasteiger partial charge on any atom is 0.220 e. The average molecular weight is 1600 g/mol. The van der Waals surface area contributed by atoms with E-state index in [0.717, 1.165) is 57.8 Å². The van der Waals surface area contributed by atoms with E-state index in [4.69, 9.17) is 28.4 Å². The van der Waals surface area contributed by atoms with E-state index in [2.05, 4.69) is 55.6 Å². The van der Waals surface area contributed by atoms with E-state index < -0.39 is 124 Å². The van der Waals surface area contributed by atoms with Gasteiger partial charge in [-0.2, -0.15) is 0 Å². The Kier molecular flexibility index (Phi) is 67.9. The minimum atomic E-state index is -1.97. The number of ether oxygens (including phenoxy) is 6. The molecule has 0 radical (unpaired) electrons. The molecule has 1 amide bonds. The molecule has 3 aliphatic heterocycles. The normalized spacial score (nSPS) is 25.0. The smallest absolute Gasteiger partial charge is 0.220 e. The van der Waals surface area contributed by atoms with Crippen LogP contribution in [0.3, 0.4) is 0 Å². The second-order valence-electron chi connectivity index (χ2n) is 33.8. The summed E-state index contributed by atoms with van der Waals surface area (Å²) in [7, 11) is 0. The van der Waals surface area contributed by atoms with E-state index in [1.165, 1.54) is 327 Å². The van der Waals surface area contributed by atoms with Crippen molar-refractivity contribution in [3.05, 3.63) is 36.5 Å². The standard InChI is InChI=1S/C93H175NO18/c1-3-5-7-9-11-13-15-17-19-21-23-25-27-29-31-33-35-36-37-38-39-40-41-43-45-47-49-51-53-55-57-59-61-63-65-67-69-71-81(99)94-76(77(98)70-68-66-64-62-60-58-56-54-52-50-48-46-44-42-34-32-30-28-26-24-22-20-18-16-14-12-10-8-6-4-2)75-107-91-87(105)84(102)89(79(73-96)109-91)112-93-88(106)85(103)90(80(74-97)110-93)111-92-86(104)83(101)82(100)78(72-95)108-92/h15,17,21,23,27,29,76-80,82-93,95-98,100-106H,3-14,16,18-20,22,24-26,28,30-75H2,1-2H3,(H,94,99)/b17-15-,23-21-,29-27-. The van der Waals surface area contributed by atoms with E-state index in [0.29, 0.717) is 12.8 Å². The molecule has 0 aromatic heterocycles. The van der Waals surface area contributed by atoms with Gasteiger partial charge < -0.3 is 89.9 Å². The van der Waals surface area contributed by atoms with Gasteiger partial charge >= 0.3 is 0 Å². The second-order valence-corrected chi connectivity index (χ2v) is 33.8. The lowest BCUT2D eigenvalue weighted by molar-refractivity contribution is -0.379. The van der Waals surface area contributed by atoms with Crippen LogP contribution in [0, 0.1) is 0 Å². The molecule has 3 heterocycles. The Morgan fingerprint density at radius 1 is 0.321 bits per heavy atom. The lowest BCUT2D eigenvalue weighted by atomic mass is 9.96. The molecule has 0 aromatic rings. The number of carbonyl (C=O) groups is 1. The predicted molar refractivity (Wildman–Crippen MR) is 453 cm³/mol. The highest BCUT2D eigenvalue weighted by Crippen LogP contribution is 2.34. The van der Waals surface area contributed by atoms with Crippen molar-refractivity contribution in [3.63, 3.8) is 0 Å². The average Bonchev–Trinajstić information content (AvgIpc) is 0.781. The van der Waals surface area contributed by atoms with E-state index >= 15 is 0 Å². The Labute approximate surface area is 682 Å². The first-order valence-corrected chi connectivity index (χ1v) is 47.2. The number of amides is 1. The Morgan fingerprint density at radius 2 is 0.589 bits per heavy atom. The van der Waals surface area contributed by atoms with E-state index in [-0.39, 0.29) is 18.9 Å².